The van der Waals surface area contributed by atoms with Crippen LogP contribution in [0, 0.1) is 0 Å². The molecule has 0 saturated carbocycles. The first kappa shape index (κ1) is 13.4. The van der Waals surface area contributed by atoms with Crippen LogP contribution in [0.1, 0.15) is 19.8 Å². The molecule has 0 atom stereocenters. The molecule has 4 N–H and O–H groups in total. The maximum atomic E-state index is 11.2. The molecule has 7 heteroatoms. The van der Waals surface area contributed by atoms with Crippen molar-refractivity contribution in [2.75, 3.05) is 6.54 Å². The molecule has 0 aliphatic heterocycles. The van der Waals surface area contributed by atoms with E-state index in [9.17, 15) is 19.5 Å². The molecule has 0 rings (SSSR count). The summed E-state index contributed by atoms with van der Waals surface area (Å²) in [6.45, 7) is 1.75. The highest BCUT2D eigenvalue weighted by Crippen LogP contribution is 2.15. The van der Waals surface area contributed by atoms with Crippen molar-refractivity contribution in [2.45, 2.75) is 25.4 Å². The summed E-state index contributed by atoms with van der Waals surface area (Å²) in [4.78, 5) is 32.0. The average molecular weight is 219 g/mol. The van der Waals surface area contributed by atoms with Crippen LogP contribution in [-0.4, -0.2) is 45.3 Å². The second kappa shape index (κ2) is 5.30. The van der Waals surface area contributed by atoms with E-state index < -0.39 is 36.3 Å². The topological polar surface area (TPSA) is 124 Å². The molecule has 0 aromatic heterocycles. The Morgan fingerprint density at radius 2 is 1.53 bits per heavy atom. The van der Waals surface area contributed by atoms with Crippen LogP contribution in [0.2, 0.25) is 0 Å². The SMILES string of the molecule is CCNC(=O)C(O)(CC(=O)O)CC(=O)O. The van der Waals surface area contributed by atoms with Gasteiger partial charge in [-0.15, -0.1) is 0 Å². The van der Waals surface area contributed by atoms with Gasteiger partial charge >= 0.3 is 11.9 Å². The lowest BCUT2D eigenvalue weighted by Crippen LogP contribution is -2.49. The van der Waals surface area contributed by atoms with E-state index in [4.69, 9.17) is 10.2 Å². The summed E-state index contributed by atoms with van der Waals surface area (Å²) in [7, 11) is 0. The third-order valence-corrected chi connectivity index (χ3v) is 1.65. The quantitative estimate of drug-likeness (QED) is 0.445. The molecule has 0 radical (unpaired) electrons. The smallest absolute Gasteiger partial charge is 0.306 e. The molecule has 7 nitrogen and oxygen atoms in total. The van der Waals surface area contributed by atoms with Gasteiger partial charge in [0.2, 0.25) is 0 Å². The van der Waals surface area contributed by atoms with Gasteiger partial charge in [0, 0.05) is 6.54 Å². The minimum Gasteiger partial charge on any atom is -0.481 e. The van der Waals surface area contributed by atoms with Gasteiger partial charge in [0.1, 0.15) is 0 Å². The summed E-state index contributed by atoms with van der Waals surface area (Å²) in [5.41, 5.74) is -2.40. The van der Waals surface area contributed by atoms with Crippen LogP contribution in [0.3, 0.4) is 0 Å². The summed E-state index contributed by atoms with van der Waals surface area (Å²) in [6.07, 6.45) is -1.88. The van der Waals surface area contributed by atoms with E-state index in [2.05, 4.69) is 5.32 Å². The van der Waals surface area contributed by atoms with Crippen molar-refractivity contribution in [1.29, 1.82) is 0 Å². The molecular formula is C8H13NO6. The Morgan fingerprint density at radius 3 is 1.80 bits per heavy atom. The zero-order valence-corrected chi connectivity index (χ0v) is 8.19. The monoisotopic (exact) mass is 219 g/mol. The molecule has 1 amide bonds. The summed E-state index contributed by atoms with van der Waals surface area (Å²) >= 11 is 0. The van der Waals surface area contributed by atoms with Gasteiger partial charge in [-0.05, 0) is 6.92 Å². The fraction of sp³-hybridized carbons (Fsp3) is 0.625. The zero-order chi connectivity index (χ0) is 12.1. The van der Waals surface area contributed by atoms with Gasteiger partial charge < -0.3 is 20.6 Å². The number of amides is 1. The molecular weight excluding hydrogens is 206 g/mol. The number of carbonyl (C=O) groups excluding carboxylic acids is 1. The van der Waals surface area contributed by atoms with Crippen LogP contribution in [0.4, 0.5) is 0 Å². The highest BCUT2D eigenvalue weighted by atomic mass is 16.4. The molecule has 0 aromatic rings. The van der Waals surface area contributed by atoms with Crippen molar-refractivity contribution in [3.05, 3.63) is 0 Å². The van der Waals surface area contributed by atoms with E-state index in [0.29, 0.717) is 0 Å². The number of carbonyl (C=O) groups is 3. The Balaban J connectivity index is 4.74. The van der Waals surface area contributed by atoms with Gasteiger partial charge in [0.15, 0.2) is 5.60 Å². The largest absolute Gasteiger partial charge is 0.481 e. The maximum absolute atomic E-state index is 11.2. The Hall–Kier alpha value is -1.63. The minimum atomic E-state index is -2.40. The van der Waals surface area contributed by atoms with Gasteiger partial charge in [-0.25, -0.2) is 0 Å². The molecule has 0 spiro atoms. The van der Waals surface area contributed by atoms with E-state index in [1.807, 2.05) is 0 Å². The third-order valence-electron chi connectivity index (χ3n) is 1.65. The van der Waals surface area contributed by atoms with Crippen molar-refractivity contribution in [2.24, 2.45) is 0 Å². The second-order valence-corrected chi connectivity index (χ2v) is 3.03. The van der Waals surface area contributed by atoms with Crippen molar-refractivity contribution < 1.29 is 29.7 Å². The lowest BCUT2D eigenvalue weighted by atomic mass is 9.94. The van der Waals surface area contributed by atoms with E-state index in [-0.39, 0.29) is 6.54 Å². The van der Waals surface area contributed by atoms with Crippen molar-refractivity contribution in [1.82, 2.24) is 5.32 Å². The Morgan fingerprint density at radius 1 is 1.13 bits per heavy atom. The van der Waals surface area contributed by atoms with Crippen LogP contribution in [0.25, 0.3) is 0 Å². The molecule has 0 bridgehead atoms. The average Bonchev–Trinajstić information content (AvgIpc) is 2.01. The number of rotatable bonds is 6. The van der Waals surface area contributed by atoms with Crippen LogP contribution >= 0.6 is 0 Å². The predicted molar refractivity (Wildman–Crippen MR) is 48.1 cm³/mol. The molecule has 0 saturated heterocycles. The summed E-state index contributed by atoms with van der Waals surface area (Å²) in [6, 6.07) is 0. The fourth-order valence-electron chi connectivity index (χ4n) is 1.05. The van der Waals surface area contributed by atoms with Crippen molar-refractivity contribution in [3.8, 4) is 0 Å². The molecule has 86 valence electrons. The molecule has 0 unspecified atom stereocenters. The van der Waals surface area contributed by atoms with Crippen LogP contribution < -0.4 is 5.32 Å². The van der Waals surface area contributed by atoms with Gasteiger partial charge in [-0.2, -0.15) is 0 Å². The number of nitrogens with one attached hydrogen (secondary N) is 1. The van der Waals surface area contributed by atoms with Gasteiger partial charge in [0.25, 0.3) is 5.91 Å². The number of likely N-dealkylation sites (N-methyl/N-ethyl adjacent to an activating group) is 1. The predicted octanol–water partition coefficient (Wildman–Crippen LogP) is -1.20. The normalized spacial score (nSPS) is 10.8. The number of carboxylic acids is 2. The fourth-order valence-corrected chi connectivity index (χ4v) is 1.05. The van der Waals surface area contributed by atoms with E-state index in [1.54, 1.807) is 6.92 Å². The Labute approximate surface area is 85.7 Å². The summed E-state index contributed by atoms with van der Waals surface area (Å²) in [5, 5.41) is 28.7. The zero-order valence-electron chi connectivity index (χ0n) is 8.19. The number of carboxylic acid groups (broad SMARTS) is 2. The Kier molecular flexibility index (Phi) is 4.72. The van der Waals surface area contributed by atoms with E-state index in [1.165, 1.54) is 0 Å². The Bertz CT molecular complexity index is 258. The maximum Gasteiger partial charge on any atom is 0.306 e. The summed E-state index contributed by atoms with van der Waals surface area (Å²) < 4.78 is 0. The van der Waals surface area contributed by atoms with Crippen LogP contribution in [-0.2, 0) is 14.4 Å². The highest BCUT2D eigenvalue weighted by Gasteiger charge is 2.40. The van der Waals surface area contributed by atoms with Crippen molar-refractivity contribution >= 4 is 17.8 Å². The van der Waals surface area contributed by atoms with E-state index in [0.717, 1.165) is 0 Å². The third kappa shape index (κ3) is 4.41. The van der Waals surface area contributed by atoms with Gasteiger partial charge in [-0.3, -0.25) is 14.4 Å². The first-order valence-electron chi connectivity index (χ1n) is 4.26. The van der Waals surface area contributed by atoms with Gasteiger partial charge in [0.05, 0.1) is 12.8 Å². The molecule has 0 aliphatic rings. The standard InChI is InChI=1S/C8H13NO6/c1-2-9-7(14)8(15,3-5(10)11)4-6(12)13/h15H,2-4H2,1H3,(H,9,14)(H,10,11)(H,12,13). The molecule has 0 aliphatic carbocycles. The minimum absolute atomic E-state index is 0.181. The second-order valence-electron chi connectivity index (χ2n) is 3.03. The molecule has 15 heavy (non-hydrogen) atoms. The van der Waals surface area contributed by atoms with Gasteiger partial charge in [-0.1, -0.05) is 0 Å². The van der Waals surface area contributed by atoms with Crippen molar-refractivity contribution in [3.63, 3.8) is 0 Å². The highest BCUT2D eigenvalue weighted by molar-refractivity contribution is 5.92. The van der Waals surface area contributed by atoms with Crippen LogP contribution in [0.5, 0.6) is 0 Å². The first-order valence-corrected chi connectivity index (χ1v) is 4.26. The van der Waals surface area contributed by atoms with E-state index >= 15 is 0 Å². The summed E-state index contributed by atoms with van der Waals surface area (Å²) in [5.74, 6) is -3.87. The number of hydrogen-bond donors (Lipinski definition) is 4. The lowest BCUT2D eigenvalue weighted by Gasteiger charge is -2.22. The number of aliphatic hydroxyl groups is 1. The number of aliphatic carboxylic acids is 2. The molecule has 0 fully saturated rings. The number of hydrogen-bond acceptors (Lipinski definition) is 4. The first-order chi connectivity index (χ1) is 6.81. The lowest BCUT2D eigenvalue weighted by molar-refractivity contribution is -0.158. The van der Waals surface area contributed by atoms with Crippen LogP contribution in [0.15, 0.2) is 0 Å². The molecule has 0 aromatic carbocycles. The molecule has 0 heterocycles.